The normalized spacial score (nSPS) is 21.9. The van der Waals surface area contributed by atoms with E-state index in [0.29, 0.717) is 17.7 Å². The Hall–Kier alpha value is -2.54. The van der Waals surface area contributed by atoms with E-state index in [0.717, 1.165) is 17.7 Å². The predicted octanol–water partition coefficient (Wildman–Crippen LogP) is 4.41. The van der Waals surface area contributed by atoms with Crippen molar-refractivity contribution in [1.29, 1.82) is 0 Å². The summed E-state index contributed by atoms with van der Waals surface area (Å²) in [5, 5.41) is 3.08. The number of nitrogens with two attached hydrogens (primary N) is 1. The van der Waals surface area contributed by atoms with Gasteiger partial charge in [-0.25, -0.2) is 4.79 Å². The Morgan fingerprint density at radius 2 is 1.96 bits per heavy atom. The zero-order valence-electron chi connectivity index (χ0n) is 14.8. The van der Waals surface area contributed by atoms with E-state index >= 15 is 0 Å². The van der Waals surface area contributed by atoms with Gasteiger partial charge in [-0.1, -0.05) is 37.3 Å². The van der Waals surface area contributed by atoms with E-state index in [2.05, 4.69) is 5.32 Å². The minimum Gasteiger partial charge on any atom is -0.459 e. The molecule has 7 heteroatoms. The van der Waals surface area contributed by atoms with E-state index < -0.39 is 29.3 Å². The van der Waals surface area contributed by atoms with Crippen molar-refractivity contribution in [3.05, 3.63) is 65.2 Å². The minimum absolute atomic E-state index is 0.123. The average Bonchev–Trinajstić information content (AvgIpc) is 2.65. The molecule has 0 aromatic heterocycles. The van der Waals surface area contributed by atoms with Crippen molar-refractivity contribution in [1.82, 2.24) is 0 Å². The van der Waals surface area contributed by atoms with Crippen molar-refractivity contribution in [2.45, 2.75) is 44.1 Å². The van der Waals surface area contributed by atoms with Gasteiger partial charge in [0.1, 0.15) is 12.1 Å². The standard InChI is InChI=1S/C20H21F3N2O2/c1-2-19(18(26)27-12-13-6-4-3-5-7-13)11-16(24)15-10-14(20(21,22)23)8-9-17(15)25-19/h3-10,16,25H,2,11-12,24H2,1H3/t16-,19+/m0/s1. The molecule has 4 nitrogen and oxygen atoms in total. The molecule has 0 saturated heterocycles. The first-order valence-corrected chi connectivity index (χ1v) is 8.71. The van der Waals surface area contributed by atoms with Crippen LogP contribution in [0.2, 0.25) is 0 Å². The van der Waals surface area contributed by atoms with Gasteiger partial charge in [-0.2, -0.15) is 13.2 Å². The van der Waals surface area contributed by atoms with Crippen molar-refractivity contribution < 1.29 is 22.7 Å². The molecule has 1 aliphatic heterocycles. The lowest BCUT2D eigenvalue weighted by molar-refractivity contribution is -0.151. The summed E-state index contributed by atoms with van der Waals surface area (Å²) in [6.07, 6.45) is -3.89. The smallest absolute Gasteiger partial charge is 0.416 e. The van der Waals surface area contributed by atoms with E-state index in [1.54, 1.807) is 0 Å². The van der Waals surface area contributed by atoms with E-state index in [9.17, 15) is 18.0 Å². The monoisotopic (exact) mass is 378 g/mol. The number of carbonyl (C=O) groups excluding carboxylic acids is 1. The third kappa shape index (κ3) is 3.93. The molecule has 0 bridgehead atoms. The maximum absolute atomic E-state index is 13.0. The number of esters is 1. The lowest BCUT2D eigenvalue weighted by atomic mass is 9.81. The van der Waals surface area contributed by atoms with Gasteiger partial charge >= 0.3 is 12.1 Å². The molecular weight excluding hydrogens is 357 g/mol. The van der Waals surface area contributed by atoms with Crippen LogP contribution in [0.1, 0.15) is 42.5 Å². The molecule has 3 N–H and O–H groups in total. The summed E-state index contributed by atoms with van der Waals surface area (Å²) in [7, 11) is 0. The highest BCUT2D eigenvalue weighted by Crippen LogP contribution is 2.41. The van der Waals surface area contributed by atoms with Crippen LogP contribution in [-0.4, -0.2) is 11.5 Å². The summed E-state index contributed by atoms with van der Waals surface area (Å²) in [4.78, 5) is 12.8. The van der Waals surface area contributed by atoms with Gasteiger partial charge in [0.05, 0.1) is 5.56 Å². The van der Waals surface area contributed by atoms with Gasteiger partial charge in [0.2, 0.25) is 0 Å². The highest BCUT2D eigenvalue weighted by molar-refractivity contribution is 5.86. The minimum atomic E-state index is -4.44. The van der Waals surface area contributed by atoms with Crippen LogP contribution in [-0.2, 0) is 22.3 Å². The molecule has 0 amide bonds. The van der Waals surface area contributed by atoms with Gasteiger partial charge in [-0.05, 0) is 35.7 Å². The second-order valence-corrected chi connectivity index (χ2v) is 6.73. The second kappa shape index (κ2) is 7.23. The van der Waals surface area contributed by atoms with Gasteiger partial charge < -0.3 is 15.8 Å². The van der Waals surface area contributed by atoms with Gasteiger partial charge in [0.25, 0.3) is 0 Å². The molecule has 1 aliphatic rings. The number of carbonyl (C=O) groups is 1. The van der Waals surface area contributed by atoms with Crippen LogP contribution in [0.25, 0.3) is 0 Å². The molecule has 2 atom stereocenters. The number of anilines is 1. The average molecular weight is 378 g/mol. The quantitative estimate of drug-likeness (QED) is 0.774. The SMILES string of the molecule is CC[C@]1(C(=O)OCc2ccccc2)C[C@H](N)c2cc(C(F)(F)F)ccc2N1. The van der Waals surface area contributed by atoms with Crippen molar-refractivity contribution in [2.75, 3.05) is 5.32 Å². The Labute approximate surface area is 155 Å². The summed E-state index contributed by atoms with van der Waals surface area (Å²) in [5.41, 5.74) is 5.95. The van der Waals surface area contributed by atoms with Crippen molar-refractivity contribution >= 4 is 11.7 Å². The molecule has 3 rings (SSSR count). The third-order valence-electron chi connectivity index (χ3n) is 4.93. The van der Waals surface area contributed by atoms with Gasteiger partial charge in [0, 0.05) is 18.2 Å². The topological polar surface area (TPSA) is 64.3 Å². The Bertz CT molecular complexity index is 824. The van der Waals surface area contributed by atoms with Crippen LogP contribution in [0.5, 0.6) is 0 Å². The van der Waals surface area contributed by atoms with Gasteiger partial charge in [0.15, 0.2) is 0 Å². The molecule has 0 saturated carbocycles. The summed E-state index contributed by atoms with van der Waals surface area (Å²) in [6.45, 7) is 1.94. The van der Waals surface area contributed by atoms with Crippen LogP contribution in [0, 0.1) is 0 Å². The number of rotatable bonds is 4. The molecule has 2 aromatic carbocycles. The van der Waals surface area contributed by atoms with Crippen LogP contribution in [0.4, 0.5) is 18.9 Å². The Morgan fingerprint density at radius 3 is 2.59 bits per heavy atom. The number of alkyl halides is 3. The number of fused-ring (bicyclic) bond motifs is 1. The summed E-state index contributed by atoms with van der Waals surface area (Å²) < 4.78 is 44.3. The molecule has 2 aromatic rings. The molecular formula is C20H21F3N2O2. The van der Waals surface area contributed by atoms with Crippen molar-refractivity contribution in [3.63, 3.8) is 0 Å². The first-order chi connectivity index (χ1) is 12.7. The maximum Gasteiger partial charge on any atom is 0.416 e. The Morgan fingerprint density at radius 1 is 1.26 bits per heavy atom. The molecule has 0 spiro atoms. The molecule has 0 radical (unpaired) electrons. The highest BCUT2D eigenvalue weighted by Gasteiger charge is 2.44. The fraction of sp³-hybridized carbons (Fsp3) is 0.350. The van der Waals surface area contributed by atoms with E-state index in [-0.39, 0.29) is 13.0 Å². The van der Waals surface area contributed by atoms with Crippen LogP contribution in [0.3, 0.4) is 0 Å². The maximum atomic E-state index is 13.0. The highest BCUT2D eigenvalue weighted by atomic mass is 19.4. The Kier molecular flexibility index (Phi) is 5.15. The molecule has 144 valence electrons. The number of hydrogen-bond donors (Lipinski definition) is 2. The van der Waals surface area contributed by atoms with Crippen LogP contribution < -0.4 is 11.1 Å². The molecule has 1 heterocycles. The second-order valence-electron chi connectivity index (χ2n) is 6.73. The lowest BCUT2D eigenvalue weighted by Crippen LogP contribution is -2.51. The number of benzene rings is 2. The first-order valence-electron chi connectivity index (χ1n) is 8.71. The van der Waals surface area contributed by atoms with E-state index in [4.69, 9.17) is 10.5 Å². The molecule has 0 fully saturated rings. The molecule has 0 unspecified atom stereocenters. The molecule has 27 heavy (non-hydrogen) atoms. The molecule has 0 aliphatic carbocycles. The van der Waals surface area contributed by atoms with Crippen molar-refractivity contribution in [2.24, 2.45) is 5.73 Å². The van der Waals surface area contributed by atoms with Crippen LogP contribution in [0.15, 0.2) is 48.5 Å². The lowest BCUT2D eigenvalue weighted by Gasteiger charge is -2.40. The summed E-state index contributed by atoms with van der Waals surface area (Å²) in [6, 6.07) is 11.9. The first kappa shape index (κ1) is 19.2. The third-order valence-corrected chi connectivity index (χ3v) is 4.93. The van der Waals surface area contributed by atoms with Crippen LogP contribution >= 0.6 is 0 Å². The number of ether oxygens (including phenoxy) is 1. The summed E-state index contributed by atoms with van der Waals surface area (Å²) >= 11 is 0. The number of hydrogen-bond acceptors (Lipinski definition) is 4. The zero-order chi connectivity index (χ0) is 19.7. The largest absolute Gasteiger partial charge is 0.459 e. The van der Waals surface area contributed by atoms with Crippen molar-refractivity contribution in [3.8, 4) is 0 Å². The van der Waals surface area contributed by atoms with Gasteiger partial charge in [-0.15, -0.1) is 0 Å². The number of halogens is 3. The zero-order valence-corrected chi connectivity index (χ0v) is 14.8. The Balaban J connectivity index is 1.82. The van der Waals surface area contributed by atoms with E-state index in [1.807, 2.05) is 37.3 Å². The fourth-order valence-corrected chi connectivity index (χ4v) is 3.33. The van der Waals surface area contributed by atoms with Gasteiger partial charge in [-0.3, -0.25) is 0 Å². The number of nitrogens with one attached hydrogen (secondary N) is 1. The van der Waals surface area contributed by atoms with E-state index in [1.165, 1.54) is 6.07 Å². The fourth-order valence-electron chi connectivity index (χ4n) is 3.33. The summed E-state index contributed by atoms with van der Waals surface area (Å²) in [5.74, 6) is -0.463. The predicted molar refractivity (Wildman–Crippen MR) is 95.9 cm³/mol.